The van der Waals surface area contributed by atoms with Crippen molar-refractivity contribution in [3.05, 3.63) is 0 Å². The Bertz CT molecular complexity index is 714. The average Bonchev–Trinajstić information content (AvgIpc) is 3.36. The smallest absolute Gasteiger partial charge is 0.335 e. The molecule has 0 aromatic heterocycles. The van der Waals surface area contributed by atoms with Gasteiger partial charge in [-0.05, 0) is 0 Å². The van der Waals surface area contributed by atoms with Crippen LogP contribution in [0, 0.1) is 0 Å². The molecule has 0 radical (unpaired) electrons. The molecule has 0 aliphatic carbocycles. The molecule has 1 aliphatic rings. The van der Waals surface area contributed by atoms with Gasteiger partial charge in [0.1, 0.15) is 0 Å². The second-order valence-corrected chi connectivity index (χ2v) is 9.73. The van der Waals surface area contributed by atoms with Crippen LogP contribution in [0.15, 0.2) is 0 Å². The number of rotatable bonds is 35. The molecule has 0 aromatic carbocycles. The van der Waals surface area contributed by atoms with Gasteiger partial charge in [-0.2, -0.15) is 0 Å². The molecule has 1 rings (SSSR count). The minimum Gasteiger partial charge on any atom is -0.378 e. The Morgan fingerprint density at radius 3 is 1.15 bits per heavy atom. The number of hydroxylamine groups is 2. The molecule has 0 aromatic rings. The largest absolute Gasteiger partial charge is 0.378 e. The second-order valence-electron chi connectivity index (χ2n) is 9.73. The molecule has 0 unspecified atom stereocenters. The van der Waals surface area contributed by atoms with Crippen molar-refractivity contribution in [2.75, 3.05) is 152 Å². The molecule has 0 atom stereocenters. The molecule has 0 saturated carbocycles. The highest BCUT2D eigenvalue weighted by Gasteiger charge is 2.32. The Labute approximate surface area is 272 Å². The molecule has 1 aliphatic heterocycles. The number of imide groups is 1. The Morgan fingerprint density at radius 1 is 0.500 bits per heavy atom. The minimum atomic E-state index is -0.700. The normalized spacial score (nSPS) is 13.4. The highest BCUT2D eigenvalue weighted by atomic mass is 16.7. The van der Waals surface area contributed by atoms with Gasteiger partial charge in [-0.25, -0.2) is 4.79 Å². The van der Waals surface area contributed by atoms with E-state index < -0.39 is 17.8 Å². The van der Waals surface area contributed by atoms with Crippen molar-refractivity contribution in [3.8, 4) is 0 Å². The number of hydrogen-bond acceptors (Lipinski definition) is 16. The van der Waals surface area contributed by atoms with E-state index in [9.17, 15) is 14.4 Å². The van der Waals surface area contributed by atoms with Crippen molar-refractivity contribution >= 4 is 17.8 Å². The summed E-state index contributed by atoms with van der Waals surface area (Å²) in [7, 11) is 0. The molecule has 2 amide bonds. The summed E-state index contributed by atoms with van der Waals surface area (Å²) in [5.74, 6) is -1.72. The highest BCUT2D eigenvalue weighted by molar-refractivity contribution is 6.01. The van der Waals surface area contributed by atoms with E-state index in [4.69, 9.17) is 58.9 Å². The first-order valence-corrected chi connectivity index (χ1v) is 16.0. The number of carbonyl (C=O) groups is 3. The molecular weight excluding hydrogens is 612 g/mol. The summed E-state index contributed by atoms with van der Waals surface area (Å²) in [5, 5.41) is 0.522. The Hall–Kier alpha value is -1.87. The third-order valence-corrected chi connectivity index (χ3v) is 6.06. The van der Waals surface area contributed by atoms with Crippen LogP contribution < -0.4 is 11.5 Å². The Kier molecular flexibility index (Phi) is 29.1. The van der Waals surface area contributed by atoms with Gasteiger partial charge >= 0.3 is 5.97 Å². The zero-order valence-corrected chi connectivity index (χ0v) is 27.2. The van der Waals surface area contributed by atoms with Crippen LogP contribution in [-0.4, -0.2) is 179 Å². The van der Waals surface area contributed by atoms with Crippen LogP contribution in [0.4, 0.5) is 0 Å². The average molecular weight is 669 g/mol. The van der Waals surface area contributed by atoms with Gasteiger partial charge in [-0.1, -0.05) is 0 Å². The van der Waals surface area contributed by atoms with Gasteiger partial charge in [-0.15, -0.1) is 5.06 Å². The van der Waals surface area contributed by atoms with Crippen LogP contribution in [0.25, 0.3) is 0 Å². The molecular formula is C29H56N4O13. The number of carbonyl (C=O) groups excluding carboxylic acids is 3. The van der Waals surface area contributed by atoms with E-state index in [-0.39, 0.29) is 32.5 Å². The lowest BCUT2D eigenvalue weighted by Gasteiger charge is -2.22. The zero-order chi connectivity index (χ0) is 33.3. The van der Waals surface area contributed by atoms with Gasteiger partial charge in [0.15, 0.2) is 0 Å². The third kappa shape index (κ3) is 25.2. The summed E-state index contributed by atoms with van der Waals surface area (Å²) < 4.78 is 49.4. The first-order valence-electron chi connectivity index (χ1n) is 16.0. The maximum atomic E-state index is 11.7. The number of nitrogens with two attached hydrogens (primary N) is 2. The van der Waals surface area contributed by atoms with E-state index in [2.05, 4.69) is 4.90 Å². The van der Waals surface area contributed by atoms with Crippen molar-refractivity contribution < 1.29 is 61.9 Å². The number of amides is 2. The molecule has 270 valence electrons. The van der Waals surface area contributed by atoms with Crippen LogP contribution in [0.3, 0.4) is 0 Å². The van der Waals surface area contributed by atoms with Gasteiger partial charge < -0.3 is 58.9 Å². The predicted octanol–water partition coefficient (Wildman–Crippen LogP) is -1.65. The van der Waals surface area contributed by atoms with Gasteiger partial charge in [0.25, 0.3) is 11.8 Å². The summed E-state index contributed by atoms with van der Waals surface area (Å²) in [6.07, 6.45) is 0.0327. The number of nitrogens with zero attached hydrogens (tertiary/aromatic N) is 2. The van der Waals surface area contributed by atoms with Crippen molar-refractivity contribution in [2.24, 2.45) is 11.5 Å². The molecule has 46 heavy (non-hydrogen) atoms. The summed E-state index contributed by atoms with van der Waals surface area (Å²) in [4.78, 5) is 41.6. The standard InChI is InChI=1S/C29H56N4O13/c30-4-10-38-16-22-44-25-19-41-13-7-32(8-14-42-20-26-45-23-17-39-11-5-31)6-12-40-18-24-43-21-15-37-9-3-29(36)46-33-27(34)1-2-28(33)35/h1-26,30-31H2. The summed E-state index contributed by atoms with van der Waals surface area (Å²) >= 11 is 0. The SMILES string of the molecule is NCCOCCOCCOCCN(CCOCCOCCOCCN)CCOCCOCCOCCC(=O)ON1C(=O)CCC1=O. The van der Waals surface area contributed by atoms with E-state index in [0.29, 0.717) is 143 Å². The number of ether oxygens (including phenoxy) is 9. The van der Waals surface area contributed by atoms with Crippen LogP contribution >= 0.6 is 0 Å². The zero-order valence-electron chi connectivity index (χ0n) is 27.2. The van der Waals surface area contributed by atoms with Crippen molar-refractivity contribution in [1.29, 1.82) is 0 Å². The predicted molar refractivity (Wildman–Crippen MR) is 164 cm³/mol. The third-order valence-electron chi connectivity index (χ3n) is 6.06. The summed E-state index contributed by atoms with van der Waals surface area (Å²) in [6.45, 7) is 11.4. The fourth-order valence-electron chi connectivity index (χ4n) is 3.67. The molecule has 0 spiro atoms. The van der Waals surface area contributed by atoms with Gasteiger partial charge in [0, 0.05) is 45.6 Å². The van der Waals surface area contributed by atoms with Crippen molar-refractivity contribution in [3.63, 3.8) is 0 Å². The lowest BCUT2D eigenvalue weighted by molar-refractivity contribution is -0.198. The highest BCUT2D eigenvalue weighted by Crippen LogP contribution is 2.12. The topological polar surface area (TPSA) is 202 Å². The van der Waals surface area contributed by atoms with E-state index >= 15 is 0 Å². The molecule has 17 heteroatoms. The molecule has 1 saturated heterocycles. The van der Waals surface area contributed by atoms with Crippen molar-refractivity contribution in [1.82, 2.24) is 9.96 Å². The second kappa shape index (κ2) is 31.7. The summed E-state index contributed by atoms with van der Waals surface area (Å²) in [6, 6.07) is 0. The Balaban J connectivity index is 2.08. The van der Waals surface area contributed by atoms with Crippen LogP contribution in [-0.2, 0) is 61.9 Å². The first kappa shape index (κ1) is 42.2. The monoisotopic (exact) mass is 668 g/mol. The van der Waals surface area contributed by atoms with Crippen molar-refractivity contribution in [2.45, 2.75) is 19.3 Å². The molecule has 1 heterocycles. The van der Waals surface area contributed by atoms with E-state index in [1.807, 2.05) is 0 Å². The summed E-state index contributed by atoms with van der Waals surface area (Å²) in [5.41, 5.74) is 10.8. The molecule has 4 N–H and O–H groups in total. The first-order chi connectivity index (χ1) is 22.6. The lowest BCUT2D eigenvalue weighted by atomic mass is 10.4. The van der Waals surface area contributed by atoms with E-state index in [1.165, 1.54) is 0 Å². The van der Waals surface area contributed by atoms with Gasteiger partial charge in [-0.3, -0.25) is 14.5 Å². The van der Waals surface area contributed by atoms with Gasteiger partial charge in [0.05, 0.1) is 125 Å². The molecule has 17 nitrogen and oxygen atoms in total. The minimum absolute atomic E-state index is 0.0558. The lowest BCUT2D eigenvalue weighted by Crippen LogP contribution is -2.34. The molecule has 1 fully saturated rings. The van der Waals surface area contributed by atoms with Gasteiger partial charge in [0.2, 0.25) is 0 Å². The quantitative estimate of drug-likeness (QED) is 0.0574. The Morgan fingerprint density at radius 2 is 0.804 bits per heavy atom. The molecule has 0 bridgehead atoms. The van der Waals surface area contributed by atoms with E-state index in [1.54, 1.807) is 0 Å². The van der Waals surface area contributed by atoms with Crippen LogP contribution in [0.1, 0.15) is 19.3 Å². The fourth-order valence-corrected chi connectivity index (χ4v) is 3.67. The number of hydrogen-bond donors (Lipinski definition) is 2. The van der Waals surface area contributed by atoms with E-state index in [0.717, 1.165) is 0 Å². The van der Waals surface area contributed by atoms with Crippen LogP contribution in [0.5, 0.6) is 0 Å². The van der Waals surface area contributed by atoms with Crippen LogP contribution in [0.2, 0.25) is 0 Å². The maximum absolute atomic E-state index is 11.7. The maximum Gasteiger partial charge on any atom is 0.335 e. The fraction of sp³-hybridized carbons (Fsp3) is 0.897.